The normalized spacial score (nSPS) is 12.5. The van der Waals surface area contributed by atoms with E-state index in [2.05, 4.69) is 58.8 Å². The van der Waals surface area contributed by atoms with Gasteiger partial charge in [-0.25, -0.2) is 0 Å². The Hall–Kier alpha value is -1.67. The molecule has 0 amide bonds. The van der Waals surface area contributed by atoms with Crippen molar-refractivity contribution in [3.8, 4) is 23.0 Å². The second kappa shape index (κ2) is 9.50. The molecule has 146 valence electrons. The summed E-state index contributed by atoms with van der Waals surface area (Å²) in [6.45, 7) is 2.39. The summed E-state index contributed by atoms with van der Waals surface area (Å²) in [7, 11) is 5.50. The van der Waals surface area contributed by atoms with E-state index in [1.54, 1.807) is 14.2 Å². The topological polar surface area (TPSA) is 40.2 Å². The molecule has 0 spiro atoms. The molecule has 0 aliphatic carbocycles. The summed E-state index contributed by atoms with van der Waals surface area (Å²) in [4.78, 5) is 2.37. The number of hydrogen-bond acceptors (Lipinski definition) is 5. The van der Waals surface area contributed by atoms with E-state index in [4.69, 9.17) is 18.9 Å². The SMILES string of the molecule is COc1ccc(CCN(C)CCCc2cc3c(cc2I)OCO3)cc1OC. The molecule has 0 radical (unpaired) electrons. The highest BCUT2D eigenvalue weighted by molar-refractivity contribution is 14.1. The Labute approximate surface area is 174 Å². The maximum Gasteiger partial charge on any atom is 0.231 e. The Morgan fingerprint density at radius 2 is 1.70 bits per heavy atom. The fourth-order valence-corrected chi connectivity index (χ4v) is 3.87. The lowest BCUT2D eigenvalue weighted by molar-refractivity contribution is 0.174. The van der Waals surface area contributed by atoms with Crippen molar-refractivity contribution in [2.24, 2.45) is 0 Å². The van der Waals surface area contributed by atoms with Crippen LogP contribution in [0.25, 0.3) is 0 Å². The fourth-order valence-electron chi connectivity index (χ4n) is 3.16. The summed E-state index contributed by atoms with van der Waals surface area (Å²) in [6.07, 6.45) is 3.13. The molecule has 0 saturated carbocycles. The summed E-state index contributed by atoms with van der Waals surface area (Å²) in [5.41, 5.74) is 2.58. The van der Waals surface area contributed by atoms with Gasteiger partial charge in [-0.2, -0.15) is 0 Å². The third kappa shape index (κ3) is 5.19. The van der Waals surface area contributed by atoms with E-state index in [0.29, 0.717) is 6.79 Å². The van der Waals surface area contributed by atoms with Crippen molar-refractivity contribution in [3.05, 3.63) is 45.0 Å². The molecule has 6 heteroatoms. The highest BCUT2D eigenvalue weighted by Gasteiger charge is 2.16. The Kier molecular flexibility index (Phi) is 7.07. The van der Waals surface area contributed by atoms with Crippen LogP contribution in [0.1, 0.15) is 17.5 Å². The van der Waals surface area contributed by atoms with Crippen molar-refractivity contribution >= 4 is 22.6 Å². The quantitative estimate of drug-likeness (QED) is 0.502. The minimum absolute atomic E-state index is 0.327. The number of benzene rings is 2. The lowest BCUT2D eigenvalue weighted by Gasteiger charge is -2.17. The summed E-state index contributed by atoms with van der Waals surface area (Å²) in [5, 5.41) is 0. The summed E-state index contributed by atoms with van der Waals surface area (Å²) in [6, 6.07) is 10.3. The van der Waals surface area contributed by atoms with Gasteiger partial charge in [0, 0.05) is 10.1 Å². The highest BCUT2D eigenvalue weighted by Crippen LogP contribution is 2.35. The molecule has 0 atom stereocenters. The lowest BCUT2D eigenvalue weighted by atomic mass is 10.1. The molecular weight excluding hydrogens is 457 g/mol. The smallest absolute Gasteiger partial charge is 0.231 e. The molecular formula is C21H26INO4. The van der Waals surface area contributed by atoms with Crippen LogP contribution in [0.3, 0.4) is 0 Å². The van der Waals surface area contributed by atoms with Crippen LogP contribution in [-0.4, -0.2) is 46.0 Å². The zero-order valence-corrected chi connectivity index (χ0v) is 18.2. The Morgan fingerprint density at radius 1 is 0.963 bits per heavy atom. The van der Waals surface area contributed by atoms with Crippen LogP contribution >= 0.6 is 22.6 Å². The van der Waals surface area contributed by atoms with E-state index < -0.39 is 0 Å². The number of aryl methyl sites for hydroxylation is 1. The molecule has 3 rings (SSSR count). The number of methoxy groups -OCH3 is 2. The van der Waals surface area contributed by atoms with Crippen LogP contribution in [0.4, 0.5) is 0 Å². The third-order valence-corrected chi connectivity index (χ3v) is 5.76. The number of ether oxygens (including phenoxy) is 4. The van der Waals surface area contributed by atoms with E-state index in [-0.39, 0.29) is 0 Å². The average molecular weight is 483 g/mol. The first-order valence-electron chi connectivity index (χ1n) is 9.08. The number of hydrogen-bond donors (Lipinski definition) is 0. The van der Waals surface area contributed by atoms with E-state index in [9.17, 15) is 0 Å². The molecule has 0 unspecified atom stereocenters. The van der Waals surface area contributed by atoms with Crippen molar-refractivity contribution in [3.63, 3.8) is 0 Å². The molecule has 1 aliphatic rings. The predicted molar refractivity (Wildman–Crippen MR) is 114 cm³/mol. The lowest BCUT2D eigenvalue weighted by Crippen LogP contribution is -2.23. The van der Waals surface area contributed by atoms with Crippen molar-refractivity contribution < 1.29 is 18.9 Å². The van der Waals surface area contributed by atoms with Gasteiger partial charge in [-0.15, -0.1) is 0 Å². The van der Waals surface area contributed by atoms with E-state index in [1.165, 1.54) is 14.7 Å². The zero-order chi connectivity index (χ0) is 19.2. The molecule has 2 aromatic rings. The summed E-state index contributed by atoms with van der Waals surface area (Å²) >= 11 is 2.38. The Bertz CT molecular complexity index is 781. The maximum absolute atomic E-state index is 5.49. The largest absolute Gasteiger partial charge is 0.493 e. The highest BCUT2D eigenvalue weighted by atomic mass is 127. The van der Waals surface area contributed by atoms with Crippen molar-refractivity contribution in [1.29, 1.82) is 0 Å². The van der Waals surface area contributed by atoms with Gasteiger partial charge in [-0.3, -0.25) is 0 Å². The Balaban J connectivity index is 1.46. The van der Waals surface area contributed by atoms with Gasteiger partial charge in [-0.1, -0.05) is 6.07 Å². The van der Waals surface area contributed by atoms with Gasteiger partial charge in [0.1, 0.15) is 0 Å². The molecule has 2 aromatic carbocycles. The number of likely N-dealkylation sites (N-methyl/N-ethyl adjacent to an activating group) is 1. The van der Waals surface area contributed by atoms with Gasteiger partial charge in [0.25, 0.3) is 0 Å². The molecule has 0 fully saturated rings. The standard InChI is InChI=1S/C21H26INO4/c1-23(10-8-15-6-7-18(24-2)19(11-15)25-3)9-4-5-16-12-20-21(13-17(16)22)27-14-26-20/h6-7,11-13H,4-5,8-10,14H2,1-3H3. The molecule has 0 aromatic heterocycles. The van der Waals surface area contributed by atoms with Gasteiger partial charge >= 0.3 is 0 Å². The maximum atomic E-state index is 5.49. The van der Waals surface area contributed by atoms with E-state index >= 15 is 0 Å². The first kappa shape index (κ1) is 20.1. The first-order chi connectivity index (χ1) is 13.1. The van der Waals surface area contributed by atoms with Gasteiger partial charge < -0.3 is 23.8 Å². The zero-order valence-electron chi connectivity index (χ0n) is 16.1. The minimum Gasteiger partial charge on any atom is -0.493 e. The first-order valence-corrected chi connectivity index (χ1v) is 10.2. The van der Waals surface area contributed by atoms with Crippen LogP contribution in [0.2, 0.25) is 0 Å². The molecule has 0 saturated heterocycles. The number of fused-ring (bicyclic) bond motifs is 1. The average Bonchev–Trinajstić information content (AvgIpc) is 3.13. The molecule has 27 heavy (non-hydrogen) atoms. The van der Waals surface area contributed by atoms with Gasteiger partial charge in [0.2, 0.25) is 6.79 Å². The molecule has 1 heterocycles. The van der Waals surface area contributed by atoms with E-state index in [0.717, 1.165) is 55.4 Å². The fraction of sp³-hybridized carbons (Fsp3) is 0.429. The van der Waals surface area contributed by atoms with Crippen LogP contribution in [0, 0.1) is 3.57 Å². The van der Waals surface area contributed by atoms with Gasteiger partial charge in [-0.05, 0) is 90.8 Å². The van der Waals surface area contributed by atoms with Crippen LogP contribution < -0.4 is 18.9 Å². The number of rotatable bonds is 9. The third-order valence-electron chi connectivity index (χ3n) is 4.76. The van der Waals surface area contributed by atoms with Crippen LogP contribution in [-0.2, 0) is 12.8 Å². The molecule has 0 N–H and O–H groups in total. The Morgan fingerprint density at radius 3 is 2.44 bits per heavy atom. The van der Waals surface area contributed by atoms with Crippen molar-refractivity contribution in [1.82, 2.24) is 4.90 Å². The van der Waals surface area contributed by atoms with Gasteiger partial charge in [0.05, 0.1) is 14.2 Å². The molecule has 0 bridgehead atoms. The summed E-state index contributed by atoms with van der Waals surface area (Å²) in [5.74, 6) is 3.28. The van der Waals surface area contributed by atoms with Crippen LogP contribution in [0.5, 0.6) is 23.0 Å². The number of halogens is 1. The van der Waals surface area contributed by atoms with E-state index in [1.807, 2.05) is 6.07 Å². The minimum atomic E-state index is 0.327. The van der Waals surface area contributed by atoms with Crippen molar-refractivity contribution in [2.45, 2.75) is 19.3 Å². The van der Waals surface area contributed by atoms with Crippen LogP contribution in [0.15, 0.2) is 30.3 Å². The number of nitrogens with zero attached hydrogens (tertiary/aromatic N) is 1. The van der Waals surface area contributed by atoms with Crippen molar-refractivity contribution in [2.75, 3.05) is 41.1 Å². The summed E-state index contributed by atoms with van der Waals surface area (Å²) < 4.78 is 22.8. The second-order valence-corrected chi connectivity index (χ2v) is 7.81. The predicted octanol–water partition coefficient (Wildman–Crippen LogP) is 4.14. The molecule has 5 nitrogen and oxygen atoms in total. The second-order valence-electron chi connectivity index (χ2n) is 6.64. The monoisotopic (exact) mass is 483 g/mol. The van der Waals surface area contributed by atoms with Gasteiger partial charge in [0.15, 0.2) is 23.0 Å². The molecule has 1 aliphatic heterocycles.